The molecule has 2 aromatic carbocycles. The molecule has 124 valence electrons. The number of nitrogens with two attached hydrogens (primary N) is 1. The van der Waals surface area contributed by atoms with Gasteiger partial charge in [0.15, 0.2) is 11.5 Å². The van der Waals surface area contributed by atoms with E-state index in [4.69, 9.17) is 15.6 Å². The smallest absolute Gasteiger partial charge is 0.156 e. The number of benzene rings is 2. The van der Waals surface area contributed by atoms with Crippen molar-refractivity contribution in [3.05, 3.63) is 78.1 Å². The number of hydrogen-bond donors (Lipinski definition) is 1. The summed E-state index contributed by atoms with van der Waals surface area (Å²) in [6.07, 6.45) is 0.671. The fraction of sp³-hybridized carbons (Fsp3) is 0.100. The van der Waals surface area contributed by atoms with Gasteiger partial charge in [-0.15, -0.1) is 0 Å². The summed E-state index contributed by atoms with van der Waals surface area (Å²) in [5.41, 5.74) is 10.5. The minimum atomic E-state index is 0.671. The molecule has 25 heavy (non-hydrogen) atoms. The van der Waals surface area contributed by atoms with Gasteiger partial charge in [0.2, 0.25) is 0 Å². The van der Waals surface area contributed by atoms with Crippen molar-refractivity contribution >= 4 is 11.3 Å². The molecule has 0 saturated carbocycles. The number of pyridine rings is 1. The van der Waals surface area contributed by atoms with E-state index in [2.05, 4.69) is 4.98 Å². The molecular weight excluding hydrogens is 312 g/mol. The van der Waals surface area contributed by atoms with Crippen LogP contribution in [-0.2, 0) is 6.42 Å². The summed E-state index contributed by atoms with van der Waals surface area (Å²) in [5.74, 6) is 1.62. The van der Waals surface area contributed by atoms with E-state index in [0.29, 0.717) is 6.42 Å². The summed E-state index contributed by atoms with van der Waals surface area (Å²) in [5, 5.41) is 4.69. The number of fused-ring (bicyclic) bond motifs is 1. The van der Waals surface area contributed by atoms with Crippen molar-refractivity contribution in [1.82, 2.24) is 14.6 Å². The van der Waals surface area contributed by atoms with Crippen LogP contribution in [0.25, 0.3) is 16.9 Å². The van der Waals surface area contributed by atoms with Gasteiger partial charge in [0.05, 0.1) is 12.8 Å². The Morgan fingerprint density at radius 3 is 2.44 bits per heavy atom. The number of rotatable bonds is 4. The Morgan fingerprint density at radius 2 is 1.72 bits per heavy atom. The number of anilines is 1. The summed E-state index contributed by atoms with van der Waals surface area (Å²) in [4.78, 5) is 4.65. The molecule has 0 saturated heterocycles. The summed E-state index contributed by atoms with van der Waals surface area (Å²) < 4.78 is 7.11. The van der Waals surface area contributed by atoms with Crippen molar-refractivity contribution in [3.8, 4) is 17.0 Å². The molecule has 0 aliphatic heterocycles. The molecule has 5 heteroatoms. The molecule has 0 bridgehead atoms. The summed E-state index contributed by atoms with van der Waals surface area (Å²) in [6, 6.07) is 21.7. The molecular formula is C20H18N4O. The monoisotopic (exact) mass is 330 g/mol. The standard InChI is InChI=1S/C20H18N4O/c1-25-17-11-7-15(8-12-17)18-3-2-4-20-22-19(23-24(18)20)13-14-5-9-16(21)10-6-14/h2-12H,13,21H2,1H3. The Morgan fingerprint density at radius 1 is 0.960 bits per heavy atom. The van der Waals surface area contributed by atoms with Crippen LogP contribution in [-0.4, -0.2) is 21.7 Å². The van der Waals surface area contributed by atoms with E-state index in [1.54, 1.807) is 7.11 Å². The van der Waals surface area contributed by atoms with Gasteiger partial charge in [-0.25, -0.2) is 9.50 Å². The average molecular weight is 330 g/mol. The quantitative estimate of drug-likeness (QED) is 0.581. The van der Waals surface area contributed by atoms with Crippen LogP contribution in [0.4, 0.5) is 5.69 Å². The maximum atomic E-state index is 5.74. The Kier molecular flexibility index (Phi) is 3.82. The van der Waals surface area contributed by atoms with E-state index in [1.165, 1.54) is 0 Å². The normalized spacial score (nSPS) is 10.9. The molecule has 0 unspecified atom stereocenters. The van der Waals surface area contributed by atoms with Gasteiger partial charge >= 0.3 is 0 Å². The van der Waals surface area contributed by atoms with E-state index in [1.807, 2.05) is 71.2 Å². The second kappa shape index (κ2) is 6.28. The van der Waals surface area contributed by atoms with Crippen molar-refractivity contribution in [2.24, 2.45) is 0 Å². The van der Waals surface area contributed by atoms with E-state index in [0.717, 1.165) is 39.7 Å². The van der Waals surface area contributed by atoms with Crippen LogP contribution in [0.3, 0.4) is 0 Å². The van der Waals surface area contributed by atoms with Gasteiger partial charge < -0.3 is 10.5 Å². The summed E-state index contributed by atoms with van der Waals surface area (Å²) in [6.45, 7) is 0. The SMILES string of the molecule is COc1ccc(-c2cccc3nc(Cc4ccc(N)cc4)nn23)cc1. The lowest BCUT2D eigenvalue weighted by Gasteiger charge is -2.05. The van der Waals surface area contributed by atoms with Gasteiger partial charge in [0.25, 0.3) is 0 Å². The maximum absolute atomic E-state index is 5.74. The molecule has 2 aromatic heterocycles. The number of nitrogens with zero attached hydrogens (tertiary/aromatic N) is 3. The number of methoxy groups -OCH3 is 1. The van der Waals surface area contributed by atoms with Crippen molar-refractivity contribution in [3.63, 3.8) is 0 Å². The van der Waals surface area contributed by atoms with E-state index in [9.17, 15) is 0 Å². The largest absolute Gasteiger partial charge is 0.497 e. The molecule has 0 spiro atoms. The van der Waals surface area contributed by atoms with Crippen LogP contribution in [0, 0.1) is 0 Å². The molecule has 5 nitrogen and oxygen atoms in total. The van der Waals surface area contributed by atoms with Crippen LogP contribution >= 0.6 is 0 Å². The second-order valence-corrected chi connectivity index (χ2v) is 5.86. The third-order valence-electron chi connectivity index (χ3n) is 4.13. The molecule has 0 radical (unpaired) electrons. The van der Waals surface area contributed by atoms with Crippen molar-refractivity contribution in [2.45, 2.75) is 6.42 Å². The van der Waals surface area contributed by atoms with Gasteiger partial charge in [-0.05, 0) is 54.1 Å². The molecule has 2 heterocycles. The zero-order valence-corrected chi connectivity index (χ0v) is 13.9. The molecule has 4 rings (SSSR count). The molecule has 0 fully saturated rings. The fourth-order valence-electron chi connectivity index (χ4n) is 2.82. The zero-order valence-electron chi connectivity index (χ0n) is 13.9. The maximum Gasteiger partial charge on any atom is 0.156 e. The number of hydrogen-bond acceptors (Lipinski definition) is 4. The highest BCUT2D eigenvalue weighted by atomic mass is 16.5. The highest BCUT2D eigenvalue weighted by Crippen LogP contribution is 2.23. The topological polar surface area (TPSA) is 65.4 Å². The number of nitrogen functional groups attached to an aromatic ring is 1. The number of ether oxygens (including phenoxy) is 1. The van der Waals surface area contributed by atoms with Gasteiger partial charge in [-0.3, -0.25) is 0 Å². The Bertz CT molecular complexity index is 1000. The predicted octanol–water partition coefficient (Wildman–Crippen LogP) is 3.58. The van der Waals surface area contributed by atoms with Crippen molar-refractivity contribution < 1.29 is 4.74 Å². The number of aromatic nitrogens is 3. The van der Waals surface area contributed by atoms with Crippen LogP contribution < -0.4 is 10.5 Å². The van der Waals surface area contributed by atoms with Crippen LogP contribution in [0.1, 0.15) is 11.4 Å². The van der Waals surface area contributed by atoms with Crippen molar-refractivity contribution in [2.75, 3.05) is 12.8 Å². The first kappa shape index (κ1) is 15.2. The molecule has 2 N–H and O–H groups in total. The lowest BCUT2D eigenvalue weighted by Crippen LogP contribution is -1.96. The predicted molar refractivity (Wildman–Crippen MR) is 98.6 cm³/mol. The minimum absolute atomic E-state index is 0.671. The highest BCUT2D eigenvalue weighted by Gasteiger charge is 2.09. The third kappa shape index (κ3) is 3.04. The molecule has 0 amide bonds. The van der Waals surface area contributed by atoms with Crippen molar-refractivity contribution in [1.29, 1.82) is 0 Å². The van der Waals surface area contributed by atoms with E-state index < -0.39 is 0 Å². The first-order valence-electron chi connectivity index (χ1n) is 8.06. The molecule has 0 aliphatic rings. The fourth-order valence-corrected chi connectivity index (χ4v) is 2.82. The second-order valence-electron chi connectivity index (χ2n) is 5.86. The van der Waals surface area contributed by atoms with Gasteiger partial charge in [-0.1, -0.05) is 18.2 Å². The molecule has 0 atom stereocenters. The van der Waals surface area contributed by atoms with Crippen LogP contribution in [0.2, 0.25) is 0 Å². The summed E-state index contributed by atoms with van der Waals surface area (Å²) >= 11 is 0. The van der Waals surface area contributed by atoms with Gasteiger partial charge in [-0.2, -0.15) is 5.10 Å². The first-order valence-corrected chi connectivity index (χ1v) is 8.06. The zero-order chi connectivity index (χ0) is 17.2. The van der Waals surface area contributed by atoms with Gasteiger partial charge in [0, 0.05) is 17.7 Å². The lowest BCUT2D eigenvalue weighted by atomic mass is 10.1. The van der Waals surface area contributed by atoms with E-state index >= 15 is 0 Å². The van der Waals surface area contributed by atoms with E-state index in [-0.39, 0.29) is 0 Å². The Hall–Kier alpha value is -3.34. The molecule has 0 aliphatic carbocycles. The van der Waals surface area contributed by atoms with Gasteiger partial charge in [0.1, 0.15) is 5.75 Å². The average Bonchev–Trinajstić information content (AvgIpc) is 3.06. The Balaban J connectivity index is 1.71. The third-order valence-corrected chi connectivity index (χ3v) is 4.13. The lowest BCUT2D eigenvalue weighted by molar-refractivity contribution is 0.415. The summed E-state index contributed by atoms with van der Waals surface area (Å²) in [7, 11) is 1.66. The van der Waals surface area contributed by atoms with Crippen LogP contribution in [0.15, 0.2) is 66.7 Å². The minimum Gasteiger partial charge on any atom is -0.497 e. The Labute approximate surface area is 145 Å². The molecule has 4 aromatic rings. The highest BCUT2D eigenvalue weighted by molar-refractivity contribution is 5.63. The van der Waals surface area contributed by atoms with Crippen LogP contribution in [0.5, 0.6) is 5.75 Å². The first-order chi connectivity index (χ1) is 12.2.